The van der Waals surface area contributed by atoms with Gasteiger partial charge in [0.15, 0.2) is 5.11 Å². The SMILES string of the molecule is CCCNC(=S)Nc1ccccc1C. The number of benzene rings is 1. The maximum Gasteiger partial charge on any atom is 0.170 e. The fraction of sp³-hybridized carbons (Fsp3) is 0.364. The van der Waals surface area contributed by atoms with Crippen LogP contribution in [0.4, 0.5) is 5.69 Å². The number of rotatable bonds is 3. The summed E-state index contributed by atoms with van der Waals surface area (Å²) >= 11 is 5.14. The van der Waals surface area contributed by atoms with Gasteiger partial charge in [0.05, 0.1) is 0 Å². The summed E-state index contributed by atoms with van der Waals surface area (Å²) in [5, 5.41) is 6.99. The molecular weight excluding hydrogens is 192 g/mol. The Bertz CT molecular complexity index is 310. The number of hydrogen-bond donors (Lipinski definition) is 2. The topological polar surface area (TPSA) is 24.1 Å². The maximum atomic E-state index is 5.14. The third-order valence-corrected chi connectivity index (χ3v) is 2.18. The smallest absolute Gasteiger partial charge is 0.170 e. The van der Waals surface area contributed by atoms with Gasteiger partial charge in [-0.2, -0.15) is 0 Å². The Hall–Kier alpha value is -1.09. The number of thiocarbonyl (C=S) groups is 1. The highest BCUT2D eigenvalue weighted by molar-refractivity contribution is 7.80. The van der Waals surface area contributed by atoms with Gasteiger partial charge in [-0.15, -0.1) is 0 Å². The van der Waals surface area contributed by atoms with Crippen molar-refractivity contribution in [2.24, 2.45) is 0 Å². The van der Waals surface area contributed by atoms with Gasteiger partial charge in [0, 0.05) is 12.2 Å². The van der Waals surface area contributed by atoms with Crippen molar-refractivity contribution in [2.45, 2.75) is 20.3 Å². The zero-order valence-electron chi connectivity index (χ0n) is 8.63. The molecule has 0 atom stereocenters. The van der Waals surface area contributed by atoms with Crippen LogP contribution in [0.3, 0.4) is 0 Å². The summed E-state index contributed by atoms with van der Waals surface area (Å²) in [6.07, 6.45) is 1.08. The van der Waals surface area contributed by atoms with Crippen LogP contribution < -0.4 is 10.6 Å². The molecule has 0 aliphatic rings. The second-order valence-corrected chi connectivity index (χ2v) is 3.60. The molecule has 0 spiro atoms. The molecule has 76 valence electrons. The first-order valence-corrected chi connectivity index (χ1v) is 5.25. The normalized spacial score (nSPS) is 9.57. The van der Waals surface area contributed by atoms with E-state index in [0.29, 0.717) is 5.11 Å². The molecule has 0 saturated carbocycles. The molecule has 0 aromatic heterocycles. The summed E-state index contributed by atoms with van der Waals surface area (Å²) in [6, 6.07) is 8.10. The molecule has 1 aromatic rings. The third-order valence-electron chi connectivity index (χ3n) is 1.93. The van der Waals surface area contributed by atoms with E-state index in [1.165, 1.54) is 5.56 Å². The molecule has 0 amide bonds. The molecule has 2 nitrogen and oxygen atoms in total. The Morgan fingerprint density at radius 1 is 1.36 bits per heavy atom. The van der Waals surface area contributed by atoms with Crippen molar-refractivity contribution in [3.8, 4) is 0 Å². The van der Waals surface area contributed by atoms with Crippen LogP contribution in [0, 0.1) is 6.92 Å². The van der Waals surface area contributed by atoms with Gasteiger partial charge in [0.2, 0.25) is 0 Å². The molecule has 0 radical (unpaired) electrons. The third kappa shape index (κ3) is 3.34. The van der Waals surface area contributed by atoms with Crippen LogP contribution in [0.2, 0.25) is 0 Å². The molecule has 0 aliphatic heterocycles. The highest BCUT2D eigenvalue weighted by Gasteiger charge is 1.98. The van der Waals surface area contributed by atoms with Crippen molar-refractivity contribution in [1.82, 2.24) is 5.32 Å². The quantitative estimate of drug-likeness (QED) is 0.747. The van der Waals surface area contributed by atoms with Crippen LogP contribution in [-0.4, -0.2) is 11.7 Å². The Morgan fingerprint density at radius 3 is 2.71 bits per heavy atom. The van der Waals surface area contributed by atoms with Crippen molar-refractivity contribution < 1.29 is 0 Å². The zero-order chi connectivity index (χ0) is 10.4. The van der Waals surface area contributed by atoms with Gasteiger partial charge in [-0.05, 0) is 37.2 Å². The Morgan fingerprint density at radius 2 is 2.07 bits per heavy atom. The predicted molar refractivity (Wildman–Crippen MR) is 65.7 cm³/mol. The first-order valence-electron chi connectivity index (χ1n) is 4.84. The molecular formula is C11H16N2S. The Balaban J connectivity index is 2.52. The molecule has 3 heteroatoms. The van der Waals surface area contributed by atoms with Crippen molar-refractivity contribution in [3.05, 3.63) is 29.8 Å². The fourth-order valence-corrected chi connectivity index (χ4v) is 1.33. The van der Waals surface area contributed by atoms with Crippen LogP contribution in [0.25, 0.3) is 0 Å². The second-order valence-electron chi connectivity index (χ2n) is 3.20. The Kier molecular flexibility index (Phi) is 4.40. The van der Waals surface area contributed by atoms with E-state index in [-0.39, 0.29) is 0 Å². The van der Waals surface area contributed by atoms with E-state index in [0.717, 1.165) is 18.7 Å². The minimum absolute atomic E-state index is 0.696. The number of hydrogen-bond acceptors (Lipinski definition) is 1. The van der Waals surface area contributed by atoms with Gasteiger partial charge in [-0.25, -0.2) is 0 Å². The van der Waals surface area contributed by atoms with Gasteiger partial charge in [-0.1, -0.05) is 25.1 Å². The van der Waals surface area contributed by atoms with Crippen molar-refractivity contribution in [1.29, 1.82) is 0 Å². The Labute approximate surface area is 90.7 Å². The van der Waals surface area contributed by atoms with Crippen molar-refractivity contribution in [3.63, 3.8) is 0 Å². The van der Waals surface area contributed by atoms with E-state index in [4.69, 9.17) is 12.2 Å². The van der Waals surface area contributed by atoms with E-state index in [9.17, 15) is 0 Å². The van der Waals surface area contributed by atoms with Crippen LogP contribution >= 0.6 is 12.2 Å². The largest absolute Gasteiger partial charge is 0.362 e. The molecule has 1 rings (SSSR count). The van der Waals surface area contributed by atoms with Gasteiger partial charge < -0.3 is 10.6 Å². The average molecular weight is 208 g/mol. The van der Waals surface area contributed by atoms with E-state index in [2.05, 4.69) is 30.5 Å². The molecule has 0 fully saturated rings. The number of para-hydroxylation sites is 1. The van der Waals surface area contributed by atoms with E-state index in [1.54, 1.807) is 0 Å². The van der Waals surface area contributed by atoms with Crippen LogP contribution in [-0.2, 0) is 0 Å². The van der Waals surface area contributed by atoms with Crippen LogP contribution in [0.1, 0.15) is 18.9 Å². The summed E-state index contributed by atoms with van der Waals surface area (Å²) in [4.78, 5) is 0. The average Bonchev–Trinajstić information content (AvgIpc) is 2.18. The first-order chi connectivity index (χ1) is 6.74. The monoisotopic (exact) mass is 208 g/mol. The number of anilines is 1. The fourth-order valence-electron chi connectivity index (χ4n) is 1.12. The predicted octanol–water partition coefficient (Wildman–Crippen LogP) is 2.69. The lowest BCUT2D eigenvalue weighted by atomic mass is 10.2. The van der Waals surface area contributed by atoms with E-state index < -0.39 is 0 Å². The minimum Gasteiger partial charge on any atom is -0.362 e. The number of nitrogens with one attached hydrogen (secondary N) is 2. The van der Waals surface area contributed by atoms with Crippen molar-refractivity contribution in [2.75, 3.05) is 11.9 Å². The standard InChI is InChI=1S/C11H16N2S/c1-3-8-12-11(14)13-10-7-5-4-6-9(10)2/h4-7H,3,8H2,1-2H3,(H2,12,13,14). The highest BCUT2D eigenvalue weighted by Crippen LogP contribution is 2.12. The molecule has 0 unspecified atom stereocenters. The lowest BCUT2D eigenvalue weighted by molar-refractivity contribution is 0.846. The molecule has 0 aliphatic carbocycles. The van der Waals surface area contributed by atoms with Crippen molar-refractivity contribution >= 4 is 23.0 Å². The molecule has 14 heavy (non-hydrogen) atoms. The highest BCUT2D eigenvalue weighted by atomic mass is 32.1. The maximum absolute atomic E-state index is 5.14. The van der Waals surface area contributed by atoms with Crippen LogP contribution in [0.15, 0.2) is 24.3 Å². The van der Waals surface area contributed by atoms with E-state index in [1.807, 2.05) is 18.2 Å². The first kappa shape index (κ1) is 11.0. The summed E-state index contributed by atoms with van der Waals surface area (Å²) in [7, 11) is 0. The molecule has 0 heterocycles. The van der Waals surface area contributed by atoms with E-state index >= 15 is 0 Å². The lowest BCUT2D eigenvalue weighted by Gasteiger charge is -2.11. The summed E-state index contributed by atoms with van der Waals surface area (Å²) < 4.78 is 0. The number of aryl methyl sites for hydroxylation is 1. The van der Waals surface area contributed by atoms with Crippen LogP contribution in [0.5, 0.6) is 0 Å². The minimum atomic E-state index is 0.696. The second kappa shape index (κ2) is 5.60. The summed E-state index contributed by atoms with van der Waals surface area (Å²) in [5.74, 6) is 0. The molecule has 2 N–H and O–H groups in total. The summed E-state index contributed by atoms with van der Waals surface area (Å²) in [5.41, 5.74) is 2.27. The lowest BCUT2D eigenvalue weighted by Crippen LogP contribution is -2.29. The molecule has 1 aromatic carbocycles. The van der Waals surface area contributed by atoms with Gasteiger partial charge in [0.25, 0.3) is 0 Å². The van der Waals surface area contributed by atoms with Gasteiger partial charge in [0.1, 0.15) is 0 Å². The zero-order valence-corrected chi connectivity index (χ0v) is 9.45. The summed E-state index contributed by atoms with van der Waals surface area (Å²) in [6.45, 7) is 5.09. The molecule has 0 bridgehead atoms. The van der Waals surface area contributed by atoms with Gasteiger partial charge >= 0.3 is 0 Å². The van der Waals surface area contributed by atoms with Gasteiger partial charge in [-0.3, -0.25) is 0 Å². The molecule has 0 saturated heterocycles.